The predicted molar refractivity (Wildman–Crippen MR) is 70.5 cm³/mol. The van der Waals surface area contributed by atoms with Gasteiger partial charge in [0.15, 0.2) is 0 Å². The number of hydrogen-bond acceptors (Lipinski definition) is 2. The first-order valence-electron chi connectivity index (χ1n) is 6.04. The van der Waals surface area contributed by atoms with Gasteiger partial charge in [0.1, 0.15) is 6.10 Å². The Morgan fingerprint density at radius 3 is 2.71 bits per heavy atom. The van der Waals surface area contributed by atoms with Gasteiger partial charge in [0, 0.05) is 6.08 Å². The molecule has 1 rings (SSSR count). The Morgan fingerprint density at radius 1 is 1.41 bits per heavy atom. The molecular weight excluding hydrogens is 210 g/mol. The van der Waals surface area contributed by atoms with Gasteiger partial charge in [0.25, 0.3) is 0 Å². The number of rotatable bonds is 5. The van der Waals surface area contributed by atoms with E-state index in [-0.39, 0.29) is 11.7 Å². The van der Waals surface area contributed by atoms with Gasteiger partial charge >= 0.3 is 0 Å². The van der Waals surface area contributed by atoms with Crippen LogP contribution in [0.15, 0.2) is 35.5 Å². The van der Waals surface area contributed by atoms with Crippen LogP contribution in [0.4, 0.5) is 0 Å². The van der Waals surface area contributed by atoms with Gasteiger partial charge in [-0.3, -0.25) is 0 Å². The minimum absolute atomic E-state index is 0.00459. The molecule has 17 heavy (non-hydrogen) atoms. The molecule has 0 N–H and O–H groups in total. The molecule has 0 aliphatic carbocycles. The molecule has 0 aromatic heterocycles. The van der Waals surface area contributed by atoms with Crippen LogP contribution in [0.25, 0.3) is 0 Å². The van der Waals surface area contributed by atoms with Gasteiger partial charge in [0.2, 0.25) is 0 Å². The van der Waals surface area contributed by atoms with Crippen molar-refractivity contribution in [3.05, 3.63) is 35.5 Å². The molecule has 2 nitrogen and oxygen atoms in total. The van der Waals surface area contributed by atoms with E-state index in [1.54, 1.807) is 6.08 Å². The summed E-state index contributed by atoms with van der Waals surface area (Å²) in [6.45, 7) is 8.29. The topological polar surface area (TPSA) is 36.3 Å². The van der Waals surface area contributed by atoms with Crippen LogP contribution in [0.3, 0.4) is 0 Å². The highest BCUT2D eigenvalue weighted by molar-refractivity contribution is 5.25. The Labute approximate surface area is 104 Å². The first kappa shape index (κ1) is 13.7. The lowest BCUT2D eigenvalue weighted by molar-refractivity contribution is 0.304. The van der Waals surface area contributed by atoms with E-state index in [1.165, 1.54) is 5.57 Å². The number of allylic oxidation sites excluding steroid dienone is 5. The zero-order valence-corrected chi connectivity index (χ0v) is 11.2. The molecule has 0 aromatic rings. The SMILES string of the molecule is CC(C)=CCCC1(C)OC1C=CC(C)=CC#N. The molecule has 0 radical (unpaired) electrons. The number of nitrogens with zero attached hydrogens (tertiary/aromatic N) is 1. The van der Waals surface area contributed by atoms with Crippen LogP contribution in [0.1, 0.15) is 40.5 Å². The first-order chi connectivity index (χ1) is 7.98. The van der Waals surface area contributed by atoms with Gasteiger partial charge in [-0.2, -0.15) is 5.26 Å². The van der Waals surface area contributed by atoms with E-state index in [2.05, 4.69) is 26.8 Å². The average molecular weight is 231 g/mol. The van der Waals surface area contributed by atoms with Crippen molar-refractivity contribution >= 4 is 0 Å². The first-order valence-corrected chi connectivity index (χ1v) is 6.04. The molecule has 0 spiro atoms. The largest absolute Gasteiger partial charge is 0.362 e. The van der Waals surface area contributed by atoms with Crippen molar-refractivity contribution in [1.82, 2.24) is 0 Å². The van der Waals surface area contributed by atoms with Gasteiger partial charge in [-0.15, -0.1) is 0 Å². The summed E-state index contributed by atoms with van der Waals surface area (Å²) in [5.74, 6) is 0. The maximum Gasteiger partial charge on any atom is 0.105 e. The minimum atomic E-state index is -0.00459. The number of nitriles is 1. The third kappa shape index (κ3) is 4.58. The molecule has 1 heterocycles. The van der Waals surface area contributed by atoms with Crippen molar-refractivity contribution in [2.75, 3.05) is 0 Å². The highest BCUT2D eigenvalue weighted by Crippen LogP contribution is 2.41. The lowest BCUT2D eigenvalue weighted by Gasteiger charge is -2.02. The van der Waals surface area contributed by atoms with E-state index < -0.39 is 0 Å². The fourth-order valence-electron chi connectivity index (χ4n) is 1.74. The van der Waals surface area contributed by atoms with Crippen molar-refractivity contribution in [3.8, 4) is 6.07 Å². The van der Waals surface area contributed by atoms with Crippen LogP contribution in [0, 0.1) is 11.3 Å². The zero-order valence-electron chi connectivity index (χ0n) is 11.2. The normalized spacial score (nSPS) is 27.9. The number of epoxide rings is 1. The van der Waals surface area contributed by atoms with Gasteiger partial charge in [-0.05, 0) is 46.1 Å². The van der Waals surface area contributed by atoms with Crippen molar-refractivity contribution in [2.24, 2.45) is 0 Å². The van der Waals surface area contributed by atoms with E-state index in [1.807, 2.05) is 25.1 Å². The second-order valence-corrected chi connectivity index (χ2v) is 5.05. The fraction of sp³-hybridized carbons (Fsp3) is 0.533. The van der Waals surface area contributed by atoms with E-state index in [9.17, 15) is 0 Å². The average Bonchev–Trinajstić information content (AvgIpc) is 2.87. The monoisotopic (exact) mass is 231 g/mol. The van der Waals surface area contributed by atoms with Crippen molar-refractivity contribution < 1.29 is 4.74 Å². The number of hydrogen-bond donors (Lipinski definition) is 0. The molecule has 1 aliphatic heterocycles. The van der Waals surface area contributed by atoms with Gasteiger partial charge in [-0.25, -0.2) is 0 Å². The molecule has 0 aromatic carbocycles. The Balaban J connectivity index is 2.39. The molecule has 2 heteroatoms. The van der Waals surface area contributed by atoms with Crippen molar-refractivity contribution in [1.29, 1.82) is 5.26 Å². The number of ether oxygens (including phenoxy) is 1. The van der Waals surface area contributed by atoms with Crippen LogP contribution in [0.2, 0.25) is 0 Å². The van der Waals surface area contributed by atoms with E-state index in [0.717, 1.165) is 18.4 Å². The summed E-state index contributed by atoms with van der Waals surface area (Å²) in [7, 11) is 0. The third-order valence-electron chi connectivity index (χ3n) is 2.96. The molecule has 1 fully saturated rings. The van der Waals surface area contributed by atoms with Crippen LogP contribution in [-0.2, 0) is 4.74 Å². The summed E-state index contributed by atoms with van der Waals surface area (Å²) in [4.78, 5) is 0. The summed E-state index contributed by atoms with van der Waals surface area (Å²) in [6, 6.07) is 2.02. The molecule has 2 unspecified atom stereocenters. The quantitative estimate of drug-likeness (QED) is 0.311. The second-order valence-electron chi connectivity index (χ2n) is 5.05. The van der Waals surface area contributed by atoms with Gasteiger partial charge in [0.05, 0.1) is 11.7 Å². The zero-order chi connectivity index (χ0) is 12.9. The molecule has 0 saturated carbocycles. The van der Waals surface area contributed by atoms with Crippen molar-refractivity contribution in [3.63, 3.8) is 0 Å². The Hall–Kier alpha value is -1.33. The van der Waals surface area contributed by atoms with E-state index in [4.69, 9.17) is 10.00 Å². The predicted octanol–water partition coefficient (Wildman–Crippen LogP) is 3.92. The molecule has 1 saturated heterocycles. The van der Waals surface area contributed by atoms with Crippen molar-refractivity contribution in [2.45, 2.75) is 52.2 Å². The van der Waals surface area contributed by atoms with E-state index in [0.29, 0.717) is 0 Å². The summed E-state index contributed by atoms with van der Waals surface area (Å²) < 4.78 is 5.69. The van der Waals surface area contributed by atoms with E-state index >= 15 is 0 Å². The molecule has 1 aliphatic rings. The highest BCUT2D eigenvalue weighted by Gasteiger charge is 2.49. The molecule has 0 bridgehead atoms. The van der Waals surface area contributed by atoms with Gasteiger partial charge in [-0.1, -0.05) is 23.8 Å². The van der Waals surface area contributed by atoms with Gasteiger partial charge < -0.3 is 4.74 Å². The molecule has 0 amide bonds. The minimum Gasteiger partial charge on any atom is -0.362 e. The summed E-state index contributed by atoms with van der Waals surface area (Å²) in [5.41, 5.74) is 2.32. The smallest absolute Gasteiger partial charge is 0.105 e. The van der Waals surface area contributed by atoms with Crippen LogP contribution in [0.5, 0.6) is 0 Å². The summed E-state index contributed by atoms with van der Waals surface area (Å²) >= 11 is 0. The van der Waals surface area contributed by atoms with Crippen LogP contribution in [-0.4, -0.2) is 11.7 Å². The maximum absolute atomic E-state index is 8.49. The Kier molecular flexibility index (Phi) is 4.72. The Bertz CT molecular complexity index is 394. The maximum atomic E-state index is 8.49. The summed E-state index contributed by atoms with van der Waals surface area (Å²) in [6.07, 6.45) is 10.1. The molecule has 92 valence electrons. The fourth-order valence-corrected chi connectivity index (χ4v) is 1.74. The Morgan fingerprint density at radius 2 is 2.12 bits per heavy atom. The lowest BCUT2D eigenvalue weighted by Crippen LogP contribution is -2.07. The van der Waals surface area contributed by atoms with Crippen LogP contribution < -0.4 is 0 Å². The standard InChI is InChI=1S/C15H21NO/c1-12(2)6-5-10-15(4)14(17-15)8-7-13(3)9-11-16/h6-9,14H,5,10H2,1-4H3. The summed E-state index contributed by atoms with van der Waals surface area (Å²) in [5, 5.41) is 8.49. The molecular formula is C15H21NO. The third-order valence-corrected chi connectivity index (χ3v) is 2.96. The lowest BCUT2D eigenvalue weighted by atomic mass is 10.00. The molecule has 2 atom stereocenters. The second kappa shape index (κ2) is 5.84. The highest BCUT2D eigenvalue weighted by atomic mass is 16.6. The van der Waals surface area contributed by atoms with Crippen LogP contribution >= 0.6 is 0 Å².